The van der Waals surface area contributed by atoms with Gasteiger partial charge in [0.1, 0.15) is 0 Å². The molecule has 0 saturated heterocycles. The highest BCUT2D eigenvalue weighted by atomic mass is 15.2. The predicted molar refractivity (Wildman–Crippen MR) is 353 cm³/mol. The maximum Gasteiger partial charge on any atom is 0.252 e. The van der Waals surface area contributed by atoms with Crippen LogP contribution in [-0.2, 0) is 5.41 Å². The van der Waals surface area contributed by atoms with Gasteiger partial charge in [-0.1, -0.05) is 214 Å². The number of benzene rings is 12. The number of aromatic nitrogens is 4. The molecule has 6 nitrogen and oxygen atoms in total. The molecule has 0 fully saturated rings. The van der Waals surface area contributed by atoms with E-state index in [4.69, 9.17) is 15.0 Å². The molecule has 0 spiro atoms. The lowest BCUT2D eigenvalue weighted by Crippen LogP contribution is -2.61. The monoisotopic (exact) mass is 1080 g/mol. The van der Waals surface area contributed by atoms with Gasteiger partial charge in [0.25, 0.3) is 6.71 Å². The molecule has 7 heteroatoms. The second kappa shape index (κ2) is 19.1. The first-order chi connectivity index (χ1) is 41.9. The first kappa shape index (κ1) is 48.8. The molecule has 2 aliphatic heterocycles. The first-order valence-corrected chi connectivity index (χ1v) is 29.3. The molecule has 17 rings (SSSR count). The van der Waals surface area contributed by atoms with Crippen LogP contribution in [0.25, 0.3) is 95.0 Å². The summed E-state index contributed by atoms with van der Waals surface area (Å²) in [4.78, 5) is 20.7. The molecule has 14 aromatic rings. The maximum absolute atomic E-state index is 5.30. The summed E-state index contributed by atoms with van der Waals surface area (Å²) in [7, 11) is 0. The predicted octanol–water partition coefficient (Wildman–Crippen LogP) is 17.7. The molecule has 0 amide bonds. The molecule has 3 aliphatic rings. The van der Waals surface area contributed by atoms with Gasteiger partial charge in [0, 0.05) is 72.4 Å². The average molecular weight is 1090 g/mol. The van der Waals surface area contributed by atoms with Crippen LogP contribution < -0.4 is 26.2 Å². The Bertz CT molecular complexity index is 4930. The third-order valence-corrected chi connectivity index (χ3v) is 18.0. The van der Waals surface area contributed by atoms with Crippen molar-refractivity contribution >= 4 is 79.0 Å². The quantitative estimate of drug-likeness (QED) is 0.142. The van der Waals surface area contributed by atoms with Crippen LogP contribution in [0.5, 0.6) is 0 Å². The summed E-state index contributed by atoms with van der Waals surface area (Å²) < 4.78 is 2.50. The molecule has 398 valence electrons. The molecule has 4 heterocycles. The van der Waals surface area contributed by atoms with E-state index in [2.05, 4.69) is 277 Å². The Balaban J connectivity index is 0.931. The molecule has 0 atom stereocenters. The van der Waals surface area contributed by atoms with Crippen LogP contribution in [-0.4, -0.2) is 26.2 Å². The Labute approximate surface area is 494 Å². The van der Waals surface area contributed by atoms with Gasteiger partial charge in [0.2, 0.25) is 0 Å². The second-order valence-corrected chi connectivity index (χ2v) is 23.1. The fourth-order valence-corrected chi connectivity index (χ4v) is 14.2. The van der Waals surface area contributed by atoms with Gasteiger partial charge >= 0.3 is 0 Å². The molecular formula is C78H53BN6. The van der Waals surface area contributed by atoms with E-state index in [-0.39, 0.29) is 12.1 Å². The smallest absolute Gasteiger partial charge is 0.252 e. The normalized spacial score (nSPS) is 13.3. The Morgan fingerprint density at radius 2 is 0.847 bits per heavy atom. The van der Waals surface area contributed by atoms with Crippen molar-refractivity contribution in [1.29, 1.82) is 0 Å². The van der Waals surface area contributed by atoms with E-state index >= 15 is 0 Å². The minimum absolute atomic E-state index is 0.0276. The van der Waals surface area contributed by atoms with Crippen LogP contribution in [0.4, 0.5) is 34.1 Å². The molecule has 0 N–H and O–H groups in total. The summed E-state index contributed by atoms with van der Waals surface area (Å²) in [6.07, 6.45) is 0. The zero-order valence-electron chi connectivity index (χ0n) is 46.9. The van der Waals surface area contributed by atoms with Crippen molar-refractivity contribution in [1.82, 2.24) is 19.5 Å². The van der Waals surface area contributed by atoms with Crippen molar-refractivity contribution in [3.63, 3.8) is 0 Å². The van der Waals surface area contributed by atoms with Crippen molar-refractivity contribution in [2.45, 2.75) is 19.3 Å². The molecule has 12 aromatic carbocycles. The first-order valence-electron chi connectivity index (χ1n) is 29.3. The van der Waals surface area contributed by atoms with Gasteiger partial charge in [0.15, 0.2) is 17.5 Å². The van der Waals surface area contributed by atoms with E-state index in [1.807, 2.05) is 36.4 Å². The number of fused-ring (bicyclic) bond motifs is 10. The summed E-state index contributed by atoms with van der Waals surface area (Å²) in [6, 6.07) is 104. The molecule has 0 bridgehead atoms. The number of rotatable bonds is 8. The van der Waals surface area contributed by atoms with Gasteiger partial charge < -0.3 is 14.4 Å². The third kappa shape index (κ3) is 7.56. The molecule has 1 aliphatic carbocycles. The third-order valence-electron chi connectivity index (χ3n) is 18.0. The minimum Gasteiger partial charge on any atom is -0.311 e. The van der Waals surface area contributed by atoms with Gasteiger partial charge in [-0.15, -0.1) is 0 Å². The zero-order valence-corrected chi connectivity index (χ0v) is 46.9. The van der Waals surface area contributed by atoms with E-state index in [1.165, 1.54) is 72.2 Å². The highest BCUT2D eigenvalue weighted by Gasteiger charge is 2.44. The summed E-state index contributed by atoms with van der Waals surface area (Å²) in [5.41, 5.74) is 26.3. The zero-order chi connectivity index (χ0) is 56.3. The fraction of sp³-hybridized carbons (Fsp3) is 0.0385. The number of hydrogen-bond donors (Lipinski definition) is 0. The molecule has 0 unspecified atom stereocenters. The number of anilines is 6. The van der Waals surface area contributed by atoms with Crippen LogP contribution in [0.2, 0.25) is 0 Å². The lowest BCUT2D eigenvalue weighted by Gasteiger charge is -2.45. The Morgan fingerprint density at radius 1 is 0.318 bits per heavy atom. The summed E-state index contributed by atoms with van der Waals surface area (Å²) in [5.74, 6) is 1.84. The van der Waals surface area contributed by atoms with Crippen LogP contribution in [0, 0.1) is 0 Å². The van der Waals surface area contributed by atoms with E-state index in [0.29, 0.717) is 17.5 Å². The van der Waals surface area contributed by atoms with Crippen molar-refractivity contribution < 1.29 is 0 Å². The topological polar surface area (TPSA) is 50.1 Å². The largest absolute Gasteiger partial charge is 0.311 e. The minimum atomic E-state index is -0.198. The Kier molecular flexibility index (Phi) is 11.0. The van der Waals surface area contributed by atoms with E-state index in [9.17, 15) is 0 Å². The van der Waals surface area contributed by atoms with Crippen molar-refractivity contribution in [3.8, 4) is 73.2 Å². The van der Waals surface area contributed by atoms with E-state index in [1.54, 1.807) is 0 Å². The van der Waals surface area contributed by atoms with Crippen LogP contribution in [0.15, 0.2) is 285 Å². The SMILES string of the molecule is CC1(C)c2ccccc2-c2cc3c4ccccc4n(-c4ccc(-c5nc(-c6ccccc6)nc(-c6ccccc6)n5)cc4-c4cccc(-c5ccc6c7c5N(c5ccccc5)c5ccccc5B7c5ccccc5N6c5ccccc5)c4)c3cc21. The molecular weight excluding hydrogens is 1030 g/mol. The molecule has 0 radical (unpaired) electrons. The Morgan fingerprint density at radius 3 is 1.53 bits per heavy atom. The van der Waals surface area contributed by atoms with Gasteiger partial charge in [-0.05, 0) is 135 Å². The summed E-state index contributed by atoms with van der Waals surface area (Å²) >= 11 is 0. The molecule has 0 saturated carbocycles. The highest BCUT2D eigenvalue weighted by Crippen LogP contribution is 2.53. The van der Waals surface area contributed by atoms with Crippen molar-refractivity contribution in [3.05, 3.63) is 296 Å². The number of para-hydroxylation sites is 5. The Hall–Kier alpha value is -10.9. The van der Waals surface area contributed by atoms with E-state index < -0.39 is 0 Å². The lowest BCUT2D eigenvalue weighted by molar-refractivity contribution is 0.661. The van der Waals surface area contributed by atoms with Gasteiger partial charge in [0.05, 0.1) is 22.4 Å². The molecule has 2 aromatic heterocycles. The number of nitrogens with zero attached hydrogens (tertiary/aromatic N) is 6. The van der Waals surface area contributed by atoms with Crippen LogP contribution in [0.3, 0.4) is 0 Å². The fourth-order valence-electron chi connectivity index (χ4n) is 14.2. The van der Waals surface area contributed by atoms with E-state index in [0.717, 1.165) is 67.0 Å². The lowest BCUT2D eigenvalue weighted by atomic mass is 9.33. The number of hydrogen-bond acceptors (Lipinski definition) is 5. The maximum atomic E-state index is 5.30. The summed E-state index contributed by atoms with van der Waals surface area (Å²) in [6.45, 7) is 4.71. The standard InChI is InChI=1S/C78H53BN6/c1-78(2)63-36-17-15-34-58(63)61-48-62-59-35-16-20-39-67(59)85(72(62)49-64(61)78)68-44-42-54(77-81-75(50-24-7-3-8-25-50)80-76(82-77)51-26-9-4-10-27-51)47-60(68)53-29-23-28-52(46-53)57-43-45-71-73-74(57)84(56-32-13-6-14-33-56)70-41-22-19-38-66(70)79(73)65-37-18-21-40-69(65)83(71)55-30-11-5-12-31-55/h3-49H,1-2H3. The summed E-state index contributed by atoms with van der Waals surface area (Å²) in [5, 5.41) is 2.43. The second-order valence-electron chi connectivity index (χ2n) is 23.1. The van der Waals surface area contributed by atoms with Crippen LogP contribution in [0.1, 0.15) is 25.0 Å². The van der Waals surface area contributed by atoms with Gasteiger partial charge in [-0.3, -0.25) is 0 Å². The van der Waals surface area contributed by atoms with Crippen molar-refractivity contribution in [2.24, 2.45) is 0 Å². The molecule has 85 heavy (non-hydrogen) atoms. The van der Waals surface area contributed by atoms with Gasteiger partial charge in [-0.25, -0.2) is 15.0 Å². The van der Waals surface area contributed by atoms with Crippen molar-refractivity contribution in [2.75, 3.05) is 9.80 Å². The average Bonchev–Trinajstić information content (AvgIpc) is 3.01. The van der Waals surface area contributed by atoms with Crippen LogP contribution >= 0.6 is 0 Å². The highest BCUT2D eigenvalue weighted by molar-refractivity contribution is 7.00. The van der Waals surface area contributed by atoms with Gasteiger partial charge in [-0.2, -0.15) is 0 Å².